The molecule has 1 saturated carbocycles. The summed E-state index contributed by atoms with van der Waals surface area (Å²) >= 11 is 0. The molecule has 0 saturated heterocycles. The maximum Gasteiger partial charge on any atom is 0.243 e. The van der Waals surface area contributed by atoms with Crippen LogP contribution in [0.5, 0.6) is 0 Å². The summed E-state index contributed by atoms with van der Waals surface area (Å²) < 4.78 is 56.1. The van der Waals surface area contributed by atoms with Gasteiger partial charge in [0.25, 0.3) is 0 Å². The summed E-state index contributed by atoms with van der Waals surface area (Å²) in [5.41, 5.74) is 0.689. The van der Waals surface area contributed by atoms with Crippen molar-refractivity contribution in [3.8, 4) is 0 Å². The van der Waals surface area contributed by atoms with E-state index in [9.17, 15) is 16.8 Å². The largest absolute Gasteiger partial charge is 0.445 e. The Bertz CT molecular complexity index is 1040. The fraction of sp³-hybridized carbons (Fsp3) is 0.471. The highest BCUT2D eigenvalue weighted by molar-refractivity contribution is 7.90. The molecule has 1 fully saturated rings. The molecule has 1 aromatic heterocycles. The Labute approximate surface area is 153 Å². The Kier molecular flexibility index (Phi) is 4.20. The number of hydrogen-bond acceptors (Lipinski definition) is 6. The summed E-state index contributed by atoms with van der Waals surface area (Å²) in [6.07, 6.45) is 4.92. The SMILES string of the molecule is CS(=O)(=O)c1ccc(S(=O)(=O)N2CCc3oc(C4CCC4)nc3C2)cc1. The Morgan fingerprint density at radius 2 is 1.73 bits per heavy atom. The van der Waals surface area contributed by atoms with Crippen LogP contribution in [0, 0.1) is 0 Å². The second-order valence-electron chi connectivity index (χ2n) is 6.88. The highest BCUT2D eigenvalue weighted by Gasteiger charge is 2.33. The molecule has 1 aliphatic heterocycles. The Morgan fingerprint density at radius 3 is 2.31 bits per heavy atom. The lowest BCUT2D eigenvalue weighted by Crippen LogP contribution is -2.35. The minimum absolute atomic E-state index is 0.0797. The van der Waals surface area contributed by atoms with Crippen molar-refractivity contribution in [2.24, 2.45) is 0 Å². The molecule has 0 spiro atoms. The van der Waals surface area contributed by atoms with Crippen molar-refractivity contribution in [3.05, 3.63) is 41.6 Å². The lowest BCUT2D eigenvalue weighted by atomic mass is 9.85. The molecule has 2 aromatic rings. The first-order chi connectivity index (χ1) is 12.2. The maximum atomic E-state index is 12.9. The van der Waals surface area contributed by atoms with Crippen molar-refractivity contribution in [1.82, 2.24) is 9.29 Å². The van der Waals surface area contributed by atoms with Gasteiger partial charge >= 0.3 is 0 Å². The summed E-state index contributed by atoms with van der Waals surface area (Å²) in [6.45, 7) is 0.504. The number of aromatic nitrogens is 1. The van der Waals surface area contributed by atoms with Gasteiger partial charge in [-0.25, -0.2) is 21.8 Å². The zero-order chi connectivity index (χ0) is 18.5. The first-order valence-corrected chi connectivity index (χ1v) is 11.9. The third kappa shape index (κ3) is 3.08. The molecule has 9 heteroatoms. The molecular weight excluding hydrogens is 376 g/mol. The Morgan fingerprint density at radius 1 is 1.08 bits per heavy atom. The Balaban J connectivity index is 1.58. The third-order valence-corrected chi connectivity index (χ3v) is 8.04. The van der Waals surface area contributed by atoms with Gasteiger partial charge in [-0.15, -0.1) is 0 Å². The van der Waals surface area contributed by atoms with Crippen molar-refractivity contribution >= 4 is 19.9 Å². The second kappa shape index (κ2) is 6.17. The Hall–Kier alpha value is -1.71. The minimum Gasteiger partial charge on any atom is -0.445 e. The van der Waals surface area contributed by atoms with Gasteiger partial charge in [0.2, 0.25) is 10.0 Å². The molecule has 7 nitrogen and oxygen atoms in total. The number of sulfone groups is 1. The number of nitrogens with zero attached hydrogens (tertiary/aromatic N) is 2. The predicted molar refractivity (Wildman–Crippen MR) is 93.9 cm³/mol. The van der Waals surface area contributed by atoms with Crippen molar-refractivity contribution < 1.29 is 21.3 Å². The van der Waals surface area contributed by atoms with Crippen LogP contribution in [0.25, 0.3) is 0 Å². The molecule has 0 atom stereocenters. The normalized spacial score (nSPS) is 19.1. The summed E-state index contributed by atoms with van der Waals surface area (Å²) in [7, 11) is -7.08. The van der Waals surface area contributed by atoms with Crippen LogP contribution in [-0.4, -0.2) is 38.9 Å². The molecule has 4 rings (SSSR count). The summed E-state index contributed by atoms with van der Waals surface area (Å²) in [5.74, 6) is 1.89. The molecule has 0 amide bonds. The topological polar surface area (TPSA) is 97.5 Å². The smallest absolute Gasteiger partial charge is 0.243 e. The summed E-state index contributed by atoms with van der Waals surface area (Å²) in [5, 5.41) is 0. The average molecular weight is 396 g/mol. The van der Waals surface area contributed by atoms with Gasteiger partial charge in [-0.05, 0) is 37.1 Å². The van der Waals surface area contributed by atoms with Gasteiger partial charge < -0.3 is 4.42 Å². The lowest BCUT2D eigenvalue weighted by Gasteiger charge is -2.24. The molecule has 140 valence electrons. The predicted octanol–water partition coefficient (Wildman–Crippen LogP) is 2.09. The van der Waals surface area contributed by atoms with E-state index < -0.39 is 19.9 Å². The highest BCUT2D eigenvalue weighted by Crippen LogP contribution is 2.37. The van der Waals surface area contributed by atoms with Crippen molar-refractivity contribution in [2.75, 3.05) is 12.8 Å². The molecule has 1 aliphatic carbocycles. The van der Waals surface area contributed by atoms with E-state index in [4.69, 9.17) is 4.42 Å². The van der Waals surface area contributed by atoms with Gasteiger partial charge in [0, 0.05) is 25.1 Å². The lowest BCUT2D eigenvalue weighted by molar-refractivity contribution is 0.314. The molecular formula is C17H20N2O5S2. The van der Waals surface area contributed by atoms with E-state index in [-0.39, 0.29) is 16.3 Å². The third-order valence-electron chi connectivity index (χ3n) is 5.05. The molecule has 0 unspecified atom stereocenters. The molecule has 1 aromatic carbocycles. The van der Waals surface area contributed by atoms with Gasteiger partial charge in [0.15, 0.2) is 15.7 Å². The van der Waals surface area contributed by atoms with E-state index in [1.54, 1.807) is 0 Å². The fourth-order valence-corrected chi connectivity index (χ4v) is 5.27. The van der Waals surface area contributed by atoms with E-state index in [1.165, 1.54) is 35.0 Å². The molecule has 0 radical (unpaired) electrons. The molecule has 0 N–H and O–H groups in total. The number of fused-ring (bicyclic) bond motifs is 1. The number of rotatable bonds is 4. The van der Waals surface area contributed by atoms with Crippen molar-refractivity contribution in [2.45, 2.75) is 47.9 Å². The van der Waals surface area contributed by atoms with Crippen LogP contribution >= 0.6 is 0 Å². The van der Waals surface area contributed by atoms with Crippen LogP contribution in [0.4, 0.5) is 0 Å². The van der Waals surface area contributed by atoms with Crippen LogP contribution in [0.1, 0.15) is 42.5 Å². The molecule has 26 heavy (non-hydrogen) atoms. The zero-order valence-electron chi connectivity index (χ0n) is 14.4. The minimum atomic E-state index is -3.71. The summed E-state index contributed by atoms with van der Waals surface area (Å²) in [6, 6.07) is 5.32. The fourth-order valence-electron chi connectivity index (χ4n) is 3.24. The van der Waals surface area contributed by atoms with E-state index in [1.807, 2.05) is 0 Å². The monoisotopic (exact) mass is 396 g/mol. The van der Waals surface area contributed by atoms with Crippen LogP contribution in [0.3, 0.4) is 0 Å². The number of sulfonamides is 1. The number of benzene rings is 1. The van der Waals surface area contributed by atoms with E-state index >= 15 is 0 Å². The van der Waals surface area contributed by atoms with Crippen LogP contribution < -0.4 is 0 Å². The first kappa shape index (κ1) is 17.7. The molecule has 2 heterocycles. The van der Waals surface area contributed by atoms with Crippen molar-refractivity contribution in [1.29, 1.82) is 0 Å². The van der Waals surface area contributed by atoms with Crippen molar-refractivity contribution in [3.63, 3.8) is 0 Å². The zero-order valence-corrected chi connectivity index (χ0v) is 16.0. The van der Waals surface area contributed by atoms with Crippen LogP contribution in [0.2, 0.25) is 0 Å². The van der Waals surface area contributed by atoms with E-state index in [0.29, 0.717) is 24.6 Å². The van der Waals surface area contributed by atoms with Crippen LogP contribution in [-0.2, 0) is 32.8 Å². The van der Waals surface area contributed by atoms with Gasteiger partial charge in [-0.3, -0.25) is 0 Å². The maximum absolute atomic E-state index is 12.9. The standard InChI is InChI=1S/C17H20N2O5S2/c1-25(20,21)13-5-7-14(8-6-13)26(22,23)19-10-9-16-15(11-19)18-17(24-16)12-3-2-4-12/h5-8,12H,2-4,9-11H2,1H3. The quantitative estimate of drug-likeness (QED) is 0.785. The van der Waals surface area contributed by atoms with E-state index in [0.717, 1.165) is 30.7 Å². The van der Waals surface area contributed by atoms with E-state index in [2.05, 4.69) is 4.98 Å². The van der Waals surface area contributed by atoms with Gasteiger partial charge in [0.1, 0.15) is 5.76 Å². The first-order valence-electron chi connectivity index (χ1n) is 8.54. The number of hydrogen-bond donors (Lipinski definition) is 0. The van der Waals surface area contributed by atoms with Crippen LogP contribution in [0.15, 0.2) is 38.5 Å². The number of oxazole rings is 1. The average Bonchev–Trinajstić information content (AvgIpc) is 2.94. The van der Waals surface area contributed by atoms with Gasteiger partial charge in [-0.1, -0.05) is 6.42 Å². The summed E-state index contributed by atoms with van der Waals surface area (Å²) in [4.78, 5) is 4.70. The highest BCUT2D eigenvalue weighted by atomic mass is 32.2. The molecule has 0 bridgehead atoms. The van der Waals surface area contributed by atoms with Gasteiger partial charge in [0.05, 0.1) is 22.0 Å². The molecule has 2 aliphatic rings. The van der Waals surface area contributed by atoms with Gasteiger partial charge in [-0.2, -0.15) is 4.31 Å². The second-order valence-corrected chi connectivity index (χ2v) is 10.8.